The fraction of sp³-hybridized carbons (Fsp3) is 0.176. The maximum atomic E-state index is 4.61. The molecule has 3 rings (SSSR count). The van der Waals surface area contributed by atoms with E-state index in [2.05, 4.69) is 71.3 Å². The highest BCUT2D eigenvalue weighted by Gasteiger charge is 2.07. The molecule has 5 heteroatoms. The topological polar surface area (TPSA) is 37.3 Å². The Balaban J connectivity index is 1.74. The molecule has 3 nitrogen and oxygen atoms in total. The Labute approximate surface area is 138 Å². The molecule has 0 radical (unpaired) electrons. The summed E-state index contributed by atoms with van der Waals surface area (Å²) in [5.41, 5.74) is 8.94. The minimum atomic E-state index is 0.806. The molecule has 1 aromatic carbocycles. The average Bonchev–Trinajstić information content (AvgIpc) is 3.09. The van der Waals surface area contributed by atoms with Gasteiger partial charge in [-0.25, -0.2) is 4.98 Å². The van der Waals surface area contributed by atoms with E-state index in [0.717, 1.165) is 10.8 Å². The lowest BCUT2D eigenvalue weighted by Gasteiger charge is -2.03. The number of benzene rings is 1. The van der Waals surface area contributed by atoms with Gasteiger partial charge in [0.15, 0.2) is 0 Å². The summed E-state index contributed by atoms with van der Waals surface area (Å²) < 4.78 is 0. The van der Waals surface area contributed by atoms with E-state index in [1.54, 1.807) is 22.7 Å². The van der Waals surface area contributed by atoms with Crippen LogP contribution in [-0.4, -0.2) is 11.2 Å². The Hall–Kier alpha value is -1.98. The molecule has 0 aliphatic carbocycles. The minimum Gasteiger partial charge on any atom is -0.253 e. The van der Waals surface area contributed by atoms with E-state index in [4.69, 9.17) is 0 Å². The Morgan fingerprint density at radius 1 is 1.09 bits per heavy atom. The number of nitrogens with one attached hydrogen (secondary N) is 1. The Kier molecular flexibility index (Phi) is 4.36. The highest BCUT2D eigenvalue weighted by Crippen LogP contribution is 2.28. The predicted molar refractivity (Wildman–Crippen MR) is 97.3 cm³/mol. The van der Waals surface area contributed by atoms with Crippen LogP contribution in [-0.2, 0) is 0 Å². The Morgan fingerprint density at radius 3 is 2.68 bits per heavy atom. The zero-order chi connectivity index (χ0) is 15.5. The molecule has 0 fully saturated rings. The third-order valence-electron chi connectivity index (χ3n) is 3.41. The molecule has 2 aromatic heterocycles. The molecule has 112 valence electrons. The van der Waals surface area contributed by atoms with Gasteiger partial charge < -0.3 is 0 Å². The van der Waals surface area contributed by atoms with E-state index >= 15 is 0 Å². The first kappa shape index (κ1) is 14.9. The lowest BCUT2D eigenvalue weighted by Crippen LogP contribution is -1.90. The number of aryl methyl sites for hydroxylation is 3. The summed E-state index contributed by atoms with van der Waals surface area (Å²) in [5, 5.41) is 9.21. The van der Waals surface area contributed by atoms with Crippen molar-refractivity contribution in [1.82, 2.24) is 4.98 Å². The first-order chi connectivity index (χ1) is 10.6. The number of hydrogen-bond acceptors (Lipinski definition) is 5. The van der Waals surface area contributed by atoms with Gasteiger partial charge in [0.25, 0.3) is 0 Å². The Bertz CT molecular complexity index is 815. The monoisotopic (exact) mass is 327 g/mol. The van der Waals surface area contributed by atoms with Crippen molar-refractivity contribution in [3.8, 4) is 11.3 Å². The summed E-state index contributed by atoms with van der Waals surface area (Å²) in [5.74, 6) is 0. The number of hydrogen-bond donors (Lipinski definition) is 1. The molecule has 0 saturated heterocycles. The van der Waals surface area contributed by atoms with Crippen molar-refractivity contribution in [3.05, 3.63) is 56.6 Å². The molecule has 0 spiro atoms. The van der Waals surface area contributed by atoms with Crippen molar-refractivity contribution in [2.24, 2.45) is 5.10 Å². The van der Waals surface area contributed by atoms with E-state index in [-0.39, 0.29) is 0 Å². The lowest BCUT2D eigenvalue weighted by atomic mass is 10.0. The molecule has 0 atom stereocenters. The van der Waals surface area contributed by atoms with Crippen LogP contribution in [0.1, 0.15) is 21.6 Å². The average molecular weight is 327 g/mol. The van der Waals surface area contributed by atoms with E-state index in [9.17, 15) is 0 Å². The SMILES string of the molecule is Cc1ccc(-c2csc(N/N=C\c3sccc3C)n2)c(C)c1. The van der Waals surface area contributed by atoms with Gasteiger partial charge in [-0.1, -0.05) is 23.8 Å². The van der Waals surface area contributed by atoms with Crippen molar-refractivity contribution < 1.29 is 0 Å². The second-order valence-electron chi connectivity index (χ2n) is 5.19. The summed E-state index contributed by atoms with van der Waals surface area (Å²) in [4.78, 5) is 5.77. The molecule has 0 saturated carbocycles. The summed E-state index contributed by atoms with van der Waals surface area (Å²) in [6.07, 6.45) is 1.85. The molecule has 2 heterocycles. The van der Waals surface area contributed by atoms with Gasteiger partial charge in [-0.2, -0.15) is 5.10 Å². The van der Waals surface area contributed by atoms with Crippen LogP contribution in [0.15, 0.2) is 40.1 Å². The van der Waals surface area contributed by atoms with Gasteiger partial charge in [0.05, 0.1) is 11.9 Å². The molecule has 0 unspecified atom stereocenters. The van der Waals surface area contributed by atoms with Crippen LogP contribution in [0.4, 0.5) is 5.13 Å². The first-order valence-electron chi connectivity index (χ1n) is 7.00. The number of anilines is 1. The molecule has 1 N–H and O–H groups in total. The third kappa shape index (κ3) is 3.26. The molecular weight excluding hydrogens is 310 g/mol. The number of rotatable bonds is 4. The molecule has 0 aliphatic heterocycles. The molecule has 3 aromatic rings. The van der Waals surface area contributed by atoms with E-state index < -0.39 is 0 Å². The summed E-state index contributed by atoms with van der Waals surface area (Å²) in [6, 6.07) is 8.52. The number of hydrazone groups is 1. The Morgan fingerprint density at radius 2 is 1.95 bits per heavy atom. The zero-order valence-electron chi connectivity index (χ0n) is 12.8. The zero-order valence-corrected chi connectivity index (χ0v) is 14.4. The minimum absolute atomic E-state index is 0.806. The van der Waals surface area contributed by atoms with Crippen molar-refractivity contribution in [2.45, 2.75) is 20.8 Å². The third-order valence-corrected chi connectivity index (χ3v) is 5.11. The van der Waals surface area contributed by atoms with Gasteiger partial charge in [0.1, 0.15) is 0 Å². The lowest BCUT2D eigenvalue weighted by molar-refractivity contribution is 1.28. The quantitative estimate of drug-likeness (QED) is 0.525. The maximum absolute atomic E-state index is 4.61. The van der Waals surface area contributed by atoms with Crippen molar-refractivity contribution in [2.75, 3.05) is 5.43 Å². The van der Waals surface area contributed by atoms with E-state index in [0.29, 0.717) is 0 Å². The van der Waals surface area contributed by atoms with Gasteiger partial charge in [0.2, 0.25) is 5.13 Å². The van der Waals surface area contributed by atoms with Crippen LogP contribution >= 0.6 is 22.7 Å². The number of aromatic nitrogens is 1. The second-order valence-corrected chi connectivity index (χ2v) is 7.00. The van der Waals surface area contributed by atoms with Gasteiger partial charge in [-0.05, 0) is 43.3 Å². The molecule has 0 amide bonds. The van der Waals surface area contributed by atoms with E-state index in [1.807, 2.05) is 6.21 Å². The van der Waals surface area contributed by atoms with Crippen LogP contribution in [0.25, 0.3) is 11.3 Å². The van der Waals surface area contributed by atoms with Crippen LogP contribution in [0.2, 0.25) is 0 Å². The first-order valence-corrected chi connectivity index (χ1v) is 8.76. The standard InChI is InChI=1S/C17H17N3S2/c1-11-4-5-14(13(3)8-11)15-10-22-17(19-15)20-18-9-16-12(2)6-7-21-16/h4-10H,1-3H3,(H,19,20)/b18-9-. The van der Waals surface area contributed by atoms with Gasteiger partial charge in [-0.3, -0.25) is 5.43 Å². The predicted octanol–water partition coefficient (Wildman–Crippen LogP) is 5.24. The smallest absolute Gasteiger partial charge is 0.203 e. The van der Waals surface area contributed by atoms with Gasteiger partial charge >= 0.3 is 0 Å². The molecule has 22 heavy (non-hydrogen) atoms. The highest BCUT2D eigenvalue weighted by atomic mass is 32.1. The van der Waals surface area contributed by atoms with Crippen molar-refractivity contribution >= 4 is 34.0 Å². The van der Waals surface area contributed by atoms with Crippen LogP contribution in [0.5, 0.6) is 0 Å². The summed E-state index contributed by atoms with van der Waals surface area (Å²) in [7, 11) is 0. The molecule has 0 bridgehead atoms. The molecule has 0 aliphatic rings. The summed E-state index contributed by atoms with van der Waals surface area (Å²) >= 11 is 3.25. The van der Waals surface area contributed by atoms with Crippen LogP contribution < -0.4 is 5.43 Å². The highest BCUT2D eigenvalue weighted by molar-refractivity contribution is 7.14. The number of thiazole rings is 1. The van der Waals surface area contributed by atoms with Crippen LogP contribution in [0, 0.1) is 20.8 Å². The fourth-order valence-corrected chi connectivity index (χ4v) is 3.66. The number of thiophene rings is 1. The van der Waals surface area contributed by atoms with Crippen molar-refractivity contribution in [1.29, 1.82) is 0 Å². The summed E-state index contributed by atoms with van der Waals surface area (Å²) in [6.45, 7) is 6.30. The van der Waals surface area contributed by atoms with Crippen molar-refractivity contribution in [3.63, 3.8) is 0 Å². The van der Waals surface area contributed by atoms with Gasteiger partial charge in [0, 0.05) is 15.8 Å². The molecular formula is C17H17N3S2. The van der Waals surface area contributed by atoms with Gasteiger partial charge in [-0.15, -0.1) is 22.7 Å². The van der Waals surface area contributed by atoms with E-state index in [1.165, 1.54) is 27.1 Å². The second kappa shape index (κ2) is 6.42. The largest absolute Gasteiger partial charge is 0.253 e. The maximum Gasteiger partial charge on any atom is 0.203 e. The van der Waals surface area contributed by atoms with Crippen LogP contribution in [0.3, 0.4) is 0 Å². The normalized spacial score (nSPS) is 11.2. The fourth-order valence-electron chi connectivity index (χ4n) is 2.21. The number of nitrogens with zero attached hydrogens (tertiary/aromatic N) is 2.